The van der Waals surface area contributed by atoms with Crippen LogP contribution < -0.4 is 0 Å². The maximum atomic E-state index is 5.45. The summed E-state index contributed by atoms with van der Waals surface area (Å²) in [7, 11) is 0. The fourth-order valence-electron chi connectivity index (χ4n) is 1.61. The Hall–Kier alpha value is -0.340. The number of ether oxygens (including phenoxy) is 1. The van der Waals surface area contributed by atoms with Crippen LogP contribution in [-0.2, 0) is 4.74 Å². The van der Waals surface area contributed by atoms with E-state index >= 15 is 0 Å². The zero-order chi connectivity index (χ0) is 9.68. The molecule has 13 heavy (non-hydrogen) atoms. The molecule has 0 spiro atoms. The summed E-state index contributed by atoms with van der Waals surface area (Å²) in [5, 5.41) is 0. The first-order valence-electron chi connectivity index (χ1n) is 5.19. The third kappa shape index (κ3) is 3.49. The number of hydrogen-bond acceptors (Lipinski definition) is 2. The molecule has 0 radical (unpaired) electrons. The van der Waals surface area contributed by atoms with E-state index in [9.17, 15) is 0 Å². The molecular formula is C11H21NO. The second-order valence-corrected chi connectivity index (χ2v) is 3.91. The van der Waals surface area contributed by atoms with Gasteiger partial charge in [-0.05, 0) is 20.3 Å². The second-order valence-electron chi connectivity index (χ2n) is 3.91. The summed E-state index contributed by atoms with van der Waals surface area (Å²) < 4.78 is 5.45. The normalized spacial score (nSPS) is 24.4. The van der Waals surface area contributed by atoms with Crippen LogP contribution in [0.1, 0.15) is 27.2 Å². The third-order valence-electron chi connectivity index (χ3n) is 2.55. The molecule has 0 amide bonds. The van der Waals surface area contributed by atoms with Crippen LogP contribution >= 0.6 is 0 Å². The fraction of sp³-hybridized carbons (Fsp3) is 0.818. The molecular weight excluding hydrogens is 162 g/mol. The van der Waals surface area contributed by atoms with Gasteiger partial charge in [-0.2, -0.15) is 0 Å². The van der Waals surface area contributed by atoms with Crippen molar-refractivity contribution in [2.75, 3.05) is 26.3 Å². The van der Waals surface area contributed by atoms with Gasteiger partial charge in [0.05, 0.1) is 13.2 Å². The van der Waals surface area contributed by atoms with Crippen molar-refractivity contribution in [1.82, 2.24) is 4.90 Å². The van der Waals surface area contributed by atoms with E-state index in [0.29, 0.717) is 6.04 Å². The van der Waals surface area contributed by atoms with Gasteiger partial charge in [-0.25, -0.2) is 0 Å². The lowest BCUT2D eigenvalue weighted by Crippen LogP contribution is -2.45. The number of nitrogens with zero attached hydrogens (tertiary/aromatic N) is 1. The summed E-state index contributed by atoms with van der Waals surface area (Å²) in [5.74, 6) is 0. The summed E-state index contributed by atoms with van der Waals surface area (Å²) in [6.45, 7) is 10.5. The molecule has 1 saturated heterocycles. The summed E-state index contributed by atoms with van der Waals surface area (Å²) in [4.78, 5) is 2.51. The third-order valence-corrected chi connectivity index (χ3v) is 2.55. The van der Waals surface area contributed by atoms with Crippen molar-refractivity contribution >= 4 is 0 Å². The highest BCUT2D eigenvalue weighted by atomic mass is 16.5. The molecule has 0 aromatic rings. The summed E-state index contributed by atoms with van der Waals surface area (Å²) >= 11 is 0. The van der Waals surface area contributed by atoms with Gasteiger partial charge in [-0.3, -0.25) is 4.90 Å². The minimum Gasteiger partial charge on any atom is -0.378 e. The molecule has 1 unspecified atom stereocenters. The van der Waals surface area contributed by atoms with Crippen molar-refractivity contribution in [3.63, 3.8) is 0 Å². The van der Waals surface area contributed by atoms with Crippen molar-refractivity contribution in [3.8, 4) is 0 Å². The topological polar surface area (TPSA) is 12.5 Å². The first-order chi connectivity index (χ1) is 6.24. The van der Waals surface area contributed by atoms with Crippen molar-refractivity contribution in [3.05, 3.63) is 11.6 Å². The van der Waals surface area contributed by atoms with E-state index < -0.39 is 0 Å². The van der Waals surface area contributed by atoms with E-state index in [1.54, 1.807) is 0 Å². The maximum Gasteiger partial charge on any atom is 0.0622 e. The largest absolute Gasteiger partial charge is 0.378 e. The SMILES string of the molecule is CCC1COCCN1CC=C(C)C. The molecule has 1 aliphatic rings. The Balaban J connectivity index is 2.40. The van der Waals surface area contributed by atoms with E-state index in [1.807, 2.05) is 0 Å². The second kappa shape index (κ2) is 5.40. The molecule has 0 bridgehead atoms. The van der Waals surface area contributed by atoms with E-state index in [0.717, 1.165) is 26.3 Å². The zero-order valence-electron chi connectivity index (χ0n) is 9.05. The van der Waals surface area contributed by atoms with Crippen LogP contribution in [0.4, 0.5) is 0 Å². The van der Waals surface area contributed by atoms with Crippen LogP contribution in [-0.4, -0.2) is 37.2 Å². The number of rotatable bonds is 3. The number of hydrogen-bond donors (Lipinski definition) is 0. The van der Waals surface area contributed by atoms with Crippen LogP contribution in [0.3, 0.4) is 0 Å². The standard InChI is InChI=1S/C11H21NO/c1-4-11-9-13-8-7-12(11)6-5-10(2)3/h5,11H,4,6-9H2,1-3H3. The average Bonchev–Trinajstić information content (AvgIpc) is 2.15. The van der Waals surface area contributed by atoms with Gasteiger partial charge in [0, 0.05) is 19.1 Å². The highest BCUT2D eigenvalue weighted by Crippen LogP contribution is 2.10. The quantitative estimate of drug-likeness (QED) is 0.621. The van der Waals surface area contributed by atoms with Crippen LogP contribution in [0.25, 0.3) is 0 Å². The van der Waals surface area contributed by atoms with Gasteiger partial charge in [0.1, 0.15) is 0 Å². The minimum atomic E-state index is 0.629. The smallest absolute Gasteiger partial charge is 0.0622 e. The van der Waals surface area contributed by atoms with Crippen LogP contribution in [0, 0.1) is 0 Å². The van der Waals surface area contributed by atoms with E-state index in [-0.39, 0.29) is 0 Å². The predicted molar refractivity (Wildman–Crippen MR) is 55.9 cm³/mol. The Kier molecular flexibility index (Phi) is 4.46. The van der Waals surface area contributed by atoms with Gasteiger partial charge in [-0.15, -0.1) is 0 Å². The molecule has 2 nitrogen and oxygen atoms in total. The Bertz CT molecular complexity index is 173. The van der Waals surface area contributed by atoms with Gasteiger partial charge >= 0.3 is 0 Å². The first-order valence-corrected chi connectivity index (χ1v) is 5.19. The van der Waals surface area contributed by atoms with Gasteiger partial charge in [0.25, 0.3) is 0 Å². The molecule has 0 N–H and O–H groups in total. The van der Waals surface area contributed by atoms with Crippen molar-refractivity contribution in [1.29, 1.82) is 0 Å². The van der Waals surface area contributed by atoms with E-state index in [4.69, 9.17) is 4.74 Å². The van der Waals surface area contributed by atoms with Crippen molar-refractivity contribution in [2.45, 2.75) is 33.2 Å². The summed E-state index contributed by atoms with van der Waals surface area (Å²) in [6, 6.07) is 0.629. The molecule has 76 valence electrons. The molecule has 0 saturated carbocycles. The lowest BCUT2D eigenvalue weighted by molar-refractivity contribution is -0.00282. The van der Waals surface area contributed by atoms with Crippen LogP contribution in [0.2, 0.25) is 0 Å². The highest BCUT2D eigenvalue weighted by molar-refractivity contribution is 4.96. The molecule has 1 atom stereocenters. The van der Waals surface area contributed by atoms with Crippen LogP contribution in [0.15, 0.2) is 11.6 Å². The Morgan fingerprint density at radius 3 is 2.92 bits per heavy atom. The molecule has 0 aromatic carbocycles. The monoisotopic (exact) mass is 183 g/mol. The molecule has 1 rings (SSSR count). The zero-order valence-corrected chi connectivity index (χ0v) is 9.05. The van der Waals surface area contributed by atoms with Crippen LogP contribution in [0.5, 0.6) is 0 Å². The fourth-order valence-corrected chi connectivity index (χ4v) is 1.61. The summed E-state index contributed by atoms with van der Waals surface area (Å²) in [5.41, 5.74) is 1.40. The average molecular weight is 183 g/mol. The highest BCUT2D eigenvalue weighted by Gasteiger charge is 2.19. The molecule has 2 heteroatoms. The molecule has 0 aliphatic carbocycles. The van der Waals surface area contributed by atoms with Gasteiger partial charge in [0.15, 0.2) is 0 Å². The van der Waals surface area contributed by atoms with Gasteiger partial charge < -0.3 is 4.74 Å². The number of allylic oxidation sites excluding steroid dienone is 1. The van der Waals surface area contributed by atoms with Gasteiger partial charge in [0.2, 0.25) is 0 Å². The molecule has 0 aromatic heterocycles. The molecule has 1 fully saturated rings. The Morgan fingerprint density at radius 2 is 2.31 bits per heavy atom. The lowest BCUT2D eigenvalue weighted by atomic mass is 10.1. The van der Waals surface area contributed by atoms with Gasteiger partial charge in [-0.1, -0.05) is 18.6 Å². The minimum absolute atomic E-state index is 0.629. The van der Waals surface area contributed by atoms with E-state index in [2.05, 4.69) is 31.7 Å². The predicted octanol–water partition coefficient (Wildman–Crippen LogP) is 2.06. The Morgan fingerprint density at radius 1 is 1.54 bits per heavy atom. The molecule has 1 heterocycles. The van der Waals surface area contributed by atoms with E-state index in [1.165, 1.54) is 12.0 Å². The maximum absolute atomic E-state index is 5.45. The number of morpholine rings is 1. The Labute approximate surface area is 81.6 Å². The van der Waals surface area contributed by atoms with Crippen molar-refractivity contribution < 1.29 is 4.74 Å². The first kappa shape index (κ1) is 10.7. The van der Waals surface area contributed by atoms with Crippen molar-refractivity contribution in [2.24, 2.45) is 0 Å². The molecule has 1 aliphatic heterocycles. The lowest BCUT2D eigenvalue weighted by Gasteiger charge is -2.34. The summed E-state index contributed by atoms with van der Waals surface area (Å²) in [6.07, 6.45) is 3.49.